The van der Waals surface area contributed by atoms with Gasteiger partial charge in [-0.15, -0.1) is 11.8 Å². The molecule has 0 saturated heterocycles. The molecule has 0 fully saturated rings. The van der Waals surface area contributed by atoms with E-state index >= 15 is 0 Å². The summed E-state index contributed by atoms with van der Waals surface area (Å²) >= 11 is 1.64. The third-order valence-electron chi connectivity index (χ3n) is 3.24. The molecule has 1 aromatic carbocycles. The number of H-pyrrole nitrogens is 1. The summed E-state index contributed by atoms with van der Waals surface area (Å²) < 4.78 is 0. The highest BCUT2D eigenvalue weighted by Crippen LogP contribution is 2.16. The van der Waals surface area contributed by atoms with E-state index in [1.165, 1.54) is 0 Å². The second-order valence-electron chi connectivity index (χ2n) is 4.72. The minimum absolute atomic E-state index is 0.00398. The van der Waals surface area contributed by atoms with Crippen molar-refractivity contribution >= 4 is 17.7 Å². The molecule has 0 radical (unpaired) electrons. The van der Waals surface area contributed by atoms with Gasteiger partial charge in [0, 0.05) is 11.4 Å². The Morgan fingerprint density at radius 2 is 2.00 bits per heavy atom. The van der Waals surface area contributed by atoms with Crippen LogP contribution in [-0.2, 0) is 0 Å². The van der Waals surface area contributed by atoms with Crippen LogP contribution >= 0.6 is 11.8 Å². The first-order valence-electron chi connectivity index (χ1n) is 6.62. The average molecular weight is 298 g/mol. The number of benzene rings is 1. The van der Waals surface area contributed by atoms with Gasteiger partial charge in [-0.25, -0.2) is 0 Å². The largest absolute Gasteiger partial charge is 0.345 e. The molecule has 4 nitrogen and oxygen atoms in total. The van der Waals surface area contributed by atoms with Gasteiger partial charge in [0.1, 0.15) is 5.56 Å². The Balaban J connectivity index is 1.83. The van der Waals surface area contributed by atoms with Crippen molar-refractivity contribution in [1.29, 1.82) is 0 Å². The highest BCUT2D eigenvalue weighted by atomic mass is 32.2. The van der Waals surface area contributed by atoms with Crippen molar-refractivity contribution in [2.24, 2.45) is 0 Å². The van der Waals surface area contributed by atoms with E-state index in [9.17, 15) is 9.59 Å². The molecule has 1 aromatic heterocycles. The lowest BCUT2D eigenvalue weighted by molar-refractivity contribution is 0.0946. The second-order valence-corrected chi connectivity index (χ2v) is 5.66. The predicted octanol–water partition coefficient (Wildman–Crippen LogP) is 2.40. The second kappa shape index (κ2) is 6.01. The van der Waals surface area contributed by atoms with Crippen LogP contribution in [0.5, 0.6) is 0 Å². The Bertz CT molecular complexity index is 737. The summed E-state index contributed by atoms with van der Waals surface area (Å²) in [6, 6.07) is 12.9. The molecule has 0 bridgehead atoms. The topological polar surface area (TPSA) is 62.0 Å². The fraction of sp³-hybridized carbons (Fsp3) is 0.125. The quantitative estimate of drug-likeness (QED) is 0.914. The number of aromatic nitrogens is 1. The predicted molar refractivity (Wildman–Crippen MR) is 85.4 cm³/mol. The maximum atomic E-state index is 12.1. The Morgan fingerprint density at radius 3 is 2.67 bits per heavy atom. The Labute approximate surface area is 126 Å². The van der Waals surface area contributed by atoms with Crippen molar-refractivity contribution in [3.8, 4) is 11.3 Å². The minimum Gasteiger partial charge on any atom is -0.345 e. The zero-order chi connectivity index (χ0) is 14.7. The van der Waals surface area contributed by atoms with Gasteiger partial charge in [0.2, 0.25) is 0 Å². The Kier molecular flexibility index (Phi) is 3.92. The molecule has 0 aliphatic carbocycles. The van der Waals surface area contributed by atoms with Crippen LogP contribution in [0.4, 0.5) is 0 Å². The number of hydrogen-bond acceptors (Lipinski definition) is 3. The normalized spacial score (nSPS) is 16.9. The molecule has 0 saturated carbocycles. The van der Waals surface area contributed by atoms with E-state index in [0.717, 1.165) is 11.3 Å². The van der Waals surface area contributed by atoms with Crippen molar-refractivity contribution in [3.63, 3.8) is 0 Å². The molecule has 1 amide bonds. The molecule has 3 rings (SSSR count). The van der Waals surface area contributed by atoms with E-state index in [2.05, 4.69) is 10.3 Å². The van der Waals surface area contributed by atoms with Gasteiger partial charge in [-0.3, -0.25) is 9.59 Å². The molecule has 1 atom stereocenters. The third-order valence-corrected chi connectivity index (χ3v) is 4.14. The molecule has 2 aromatic rings. The van der Waals surface area contributed by atoms with Crippen LogP contribution in [0.1, 0.15) is 10.4 Å². The smallest absolute Gasteiger partial charge is 0.261 e. The van der Waals surface area contributed by atoms with Crippen molar-refractivity contribution in [2.45, 2.75) is 6.04 Å². The van der Waals surface area contributed by atoms with Crippen molar-refractivity contribution in [1.82, 2.24) is 10.3 Å². The number of hydrogen-bond donors (Lipinski definition) is 2. The minimum atomic E-state index is -0.372. The van der Waals surface area contributed by atoms with Gasteiger partial charge < -0.3 is 10.3 Å². The van der Waals surface area contributed by atoms with Gasteiger partial charge in [-0.1, -0.05) is 36.4 Å². The molecule has 1 unspecified atom stereocenters. The van der Waals surface area contributed by atoms with Crippen LogP contribution < -0.4 is 10.9 Å². The van der Waals surface area contributed by atoms with Crippen molar-refractivity contribution < 1.29 is 4.79 Å². The molecule has 2 heterocycles. The monoisotopic (exact) mass is 298 g/mol. The molecule has 5 heteroatoms. The first-order valence-corrected chi connectivity index (χ1v) is 7.67. The number of thioether (sulfide) groups is 1. The highest BCUT2D eigenvalue weighted by Gasteiger charge is 2.16. The van der Waals surface area contributed by atoms with E-state index in [-0.39, 0.29) is 23.1 Å². The molecular formula is C16H14N2O2S. The van der Waals surface area contributed by atoms with Gasteiger partial charge in [0.25, 0.3) is 11.5 Å². The summed E-state index contributed by atoms with van der Waals surface area (Å²) in [6.07, 6.45) is 1.93. The zero-order valence-corrected chi connectivity index (χ0v) is 12.0. The number of amides is 1. The van der Waals surface area contributed by atoms with Gasteiger partial charge in [0.15, 0.2) is 0 Å². The van der Waals surface area contributed by atoms with E-state index in [1.54, 1.807) is 23.9 Å². The third kappa shape index (κ3) is 3.08. The molecule has 1 aliphatic heterocycles. The first kappa shape index (κ1) is 13.7. The van der Waals surface area contributed by atoms with Crippen LogP contribution in [-0.4, -0.2) is 22.7 Å². The number of nitrogens with one attached hydrogen (secondary N) is 2. The van der Waals surface area contributed by atoms with E-state index in [0.29, 0.717) is 5.69 Å². The molecular weight excluding hydrogens is 284 g/mol. The molecule has 2 N–H and O–H groups in total. The number of aromatic amines is 1. The summed E-state index contributed by atoms with van der Waals surface area (Å²) in [5.41, 5.74) is 1.38. The molecule has 21 heavy (non-hydrogen) atoms. The SMILES string of the molecule is O=C(NC1C=CSC1)c1ccc(-c2ccccc2)[nH]c1=O. The summed E-state index contributed by atoms with van der Waals surface area (Å²) in [4.78, 5) is 26.9. The molecule has 106 valence electrons. The van der Waals surface area contributed by atoms with Crippen LogP contribution in [0, 0.1) is 0 Å². The summed E-state index contributed by atoms with van der Waals surface area (Å²) in [5, 5.41) is 4.78. The zero-order valence-electron chi connectivity index (χ0n) is 11.2. The summed E-state index contributed by atoms with van der Waals surface area (Å²) in [7, 11) is 0. The van der Waals surface area contributed by atoms with Crippen LogP contribution in [0.3, 0.4) is 0 Å². The number of carbonyl (C=O) groups is 1. The first-order chi connectivity index (χ1) is 10.2. The van der Waals surface area contributed by atoms with Gasteiger partial charge in [-0.2, -0.15) is 0 Å². The van der Waals surface area contributed by atoms with Gasteiger partial charge in [0.05, 0.1) is 6.04 Å². The number of carbonyl (C=O) groups excluding carboxylic acids is 1. The fourth-order valence-corrected chi connectivity index (χ4v) is 2.95. The van der Waals surface area contributed by atoms with Gasteiger partial charge >= 0.3 is 0 Å². The number of rotatable bonds is 3. The molecule has 0 spiro atoms. The van der Waals surface area contributed by atoms with Crippen LogP contribution in [0.25, 0.3) is 11.3 Å². The van der Waals surface area contributed by atoms with E-state index in [4.69, 9.17) is 0 Å². The maximum absolute atomic E-state index is 12.1. The molecule has 1 aliphatic rings. The Hall–Kier alpha value is -2.27. The van der Waals surface area contributed by atoms with Crippen LogP contribution in [0.2, 0.25) is 0 Å². The average Bonchev–Trinajstić information content (AvgIpc) is 3.01. The Morgan fingerprint density at radius 1 is 1.19 bits per heavy atom. The highest BCUT2D eigenvalue weighted by molar-refractivity contribution is 8.02. The fourth-order valence-electron chi connectivity index (χ4n) is 2.14. The number of pyridine rings is 1. The lowest BCUT2D eigenvalue weighted by Gasteiger charge is -2.10. The maximum Gasteiger partial charge on any atom is 0.261 e. The van der Waals surface area contributed by atoms with E-state index in [1.807, 2.05) is 41.8 Å². The van der Waals surface area contributed by atoms with Gasteiger partial charge in [-0.05, 0) is 23.1 Å². The standard InChI is InChI=1S/C16H14N2O2S/c19-15(17-12-8-9-21-10-12)13-6-7-14(18-16(13)20)11-4-2-1-3-5-11/h1-9,12H,10H2,(H,17,19)(H,18,20). The van der Waals surface area contributed by atoms with Crippen LogP contribution in [0.15, 0.2) is 58.7 Å². The lowest BCUT2D eigenvalue weighted by atomic mass is 10.1. The van der Waals surface area contributed by atoms with Crippen molar-refractivity contribution in [2.75, 3.05) is 5.75 Å². The van der Waals surface area contributed by atoms with Crippen molar-refractivity contribution in [3.05, 3.63) is 69.9 Å². The summed E-state index contributed by atoms with van der Waals surface area (Å²) in [5.74, 6) is 0.471. The summed E-state index contributed by atoms with van der Waals surface area (Å²) in [6.45, 7) is 0. The van der Waals surface area contributed by atoms with E-state index < -0.39 is 0 Å². The lowest BCUT2D eigenvalue weighted by Crippen LogP contribution is -2.36.